The standard InChI is InChI=1S/C21H23N3O3/c25-18-12-19(24(13-18)21(27)23-16-7-2-1-3-8-16)20(26)22-17-10-9-14-5-4-6-15(14)11-17/h1-3,7-11,18-19,25H,4-6,12-13H2,(H,22,26)(H,23,27)/t18-,19-/m0/s1. The zero-order valence-corrected chi connectivity index (χ0v) is 15.0. The van der Waals surface area contributed by atoms with Gasteiger partial charge in [-0.25, -0.2) is 4.79 Å². The summed E-state index contributed by atoms with van der Waals surface area (Å²) in [6.07, 6.45) is 2.80. The summed E-state index contributed by atoms with van der Waals surface area (Å²) in [5.74, 6) is -0.271. The van der Waals surface area contributed by atoms with Crippen LogP contribution in [-0.2, 0) is 17.6 Å². The number of aryl methyl sites for hydroxylation is 2. The first-order valence-electron chi connectivity index (χ1n) is 9.33. The van der Waals surface area contributed by atoms with Crippen LogP contribution in [0.4, 0.5) is 16.2 Å². The smallest absolute Gasteiger partial charge is 0.322 e. The maximum atomic E-state index is 12.8. The van der Waals surface area contributed by atoms with E-state index in [1.165, 1.54) is 16.0 Å². The van der Waals surface area contributed by atoms with Crippen LogP contribution in [0.2, 0.25) is 0 Å². The van der Waals surface area contributed by atoms with E-state index in [4.69, 9.17) is 0 Å². The zero-order valence-electron chi connectivity index (χ0n) is 15.0. The fourth-order valence-electron chi connectivity index (χ4n) is 3.88. The van der Waals surface area contributed by atoms with Crippen LogP contribution in [-0.4, -0.2) is 40.6 Å². The topological polar surface area (TPSA) is 81.7 Å². The highest BCUT2D eigenvalue weighted by Gasteiger charge is 2.39. The molecular formula is C21H23N3O3. The highest BCUT2D eigenvalue weighted by atomic mass is 16.3. The van der Waals surface area contributed by atoms with Crippen molar-refractivity contribution in [2.75, 3.05) is 17.2 Å². The molecule has 0 bridgehead atoms. The molecule has 1 fully saturated rings. The number of likely N-dealkylation sites (tertiary alicyclic amines) is 1. The molecule has 27 heavy (non-hydrogen) atoms. The molecule has 2 aromatic carbocycles. The number of hydrogen-bond acceptors (Lipinski definition) is 3. The van der Waals surface area contributed by atoms with Gasteiger partial charge in [0.05, 0.1) is 6.10 Å². The Morgan fingerprint density at radius 3 is 2.56 bits per heavy atom. The molecule has 0 saturated carbocycles. The van der Waals surface area contributed by atoms with Crippen LogP contribution < -0.4 is 10.6 Å². The molecule has 2 aromatic rings. The molecular weight excluding hydrogens is 342 g/mol. The number of anilines is 2. The quantitative estimate of drug-likeness (QED) is 0.782. The van der Waals surface area contributed by atoms with E-state index < -0.39 is 12.1 Å². The van der Waals surface area contributed by atoms with Gasteiger partial charge < -0.3 is 20.6 Å². The van der Waals surface area contributed by atoms with Crippen molar-refractivity contribution in [2.24, 2.45) is 0 Å². The van der Waals surface area contributed by atoms with E-state index in [1.807, 2.05) is 30.3 Å². The Morgan fingerprint density at radius 2 is 1.74 bits per heavy atom. The van der Waals surface area contributed by atoms with E-state index in [1.54, 1.807) is 12.1 Å². The van der Waals surface area contributed by atoms with Crippen LogP contribution in [0.15, 0.2) is 48.5 Å². The Hall–Kier alpha value is -2.86. The number of fused-ring (bicyclic) bond motifs is 1. The van der Waals surface area contributed by atoms with Crippen molar-refractivity contribution in [1.29, 1.82) is 0 Å². The molecule has 0 unspecified atom stereocenters. The van der Waals surface area contributed by atoms with Gasteiger partial charge in [-0.15, -0.1) is 0 Å². The molecule has 1 aliphatic heterocycles. The first kappa shape index (κ1) is 17.5. The lowest BCUT2D eigenvalue weighted by atomic mass is 10.1. The predicted octanol–water partition coefficient (Wildman–Crippen LogP) is 2.78. The zero-order chi connectivity index (χ0) is 18.8. The molecule has 0 spiro atoms. The second kappa shape index (κ2) is 7.40. The number of nitrogens with zero attached hydrogens (tertiary/aromatic N) is 1. The fraction of sp³-hybridized carbons (Fsp3) is 0.333. The Labute approximate surface area is 158 Å². The SMILES string of the molecule is O=C(Nc1ccc2c(c1)CCC2)[C@@H]1C[C@H](O)CN1C(=O)Nc1ccccc1. The van der Waals surface area contributed by atoms with E-state index in [0.29, 0.717) is 5.69 Å². The second-order valence-corrected chi connectivity index (χ2v) is 7.18. The number of nitrogens with one attached hydrogen (secondary N) is 2. The predicted molar refractivity (Wildman–Crippen MR) is 104 cm³/mol. The second-order valence-electron chi connectivity index (χ2n) is 7.18. The minimum atomic E-state index is -0.706. The highest BCUT2D eigenvalue weighted by Crippen LogP contribution is 2.26. The van der Waals surface area contributed by atoms with Crippen molar-refractivity contribution >= 4 is 23.3 Å². The van der Waals surface area contributed by atoms with Crippen LogP contribution in [0, 0.1) is 0 Å². The Morgan fingerprint density at radius 1 is 0.963 bits per heavy atom. The van der Waals surface area contributed by atoms with E-state index in [-0.39, 0.29) is 24.9 Å². The van der Waals surface area contributed by atoms with Crippen LogP contribution in [0.5, 0.6) is 0 Å². The lowest BCUT2D eigenvalue weighted by Gasteiger charge is -2.24. The third-order valence-corrected chi connectivity index (χ3v) is 5.23. The number of amides is 3. The molecule has 6 nitrogen and oxygen atoms in total. The average Bonchev–Trinajstić information content (AvgIpc) is 3.28. The van der Waals surface area contributed by atoms with Crippen LogP contribution in [0.25, 0.3) is 0 Å². The number of urea groups is 1. The monoisotopic (exact) mass is 365 g/mol. The fourth-order valence-corrected chi connectivity index (χ4v) is 3.88. The van der Waals surface area contributed by atoms with Gasteiger partial charge in [-0.3, -0.25) is 4.79 Å². The number of benzene rings is 2. The number of hydrogen-bond donors (Lipinski definition) is 3. The van der Waals surface area contributed by atoms with E-state index in [0.717, 1.165) is 24.9 Å². The summed E-state index contributed by atoms with van der Waals surface area (Å²) in [6, 6.07) is 14.0. The molecule has 1 aliphatic carbocycles. The lowest BCUT2D eigenvalue weighted by Crippen LogP contribution is -2.45. The van der Waals surface area contributed by atoms with Crippen molar-refractivity contribution in [3.8, 4) is 0 Å². The normalized spacial score (nSPS) is 21.0. The van der Waals surface area contributed by atoms with E-state index in [2.05, 4.69) is 16.7 Å². The average molecular weight is 365 g/mol. The van der Waals surface area contributed by atoms with Gasteiger partial charge in [0.2, 0.25) is 5.91 Å². The molecule has 0 radical (unpaired) electrons. The van der Waals surface area contributed by atoms with Crippen LogP contribution in [0.3, 0.4) is 0 Å². The summed E-state index contributed by atoms with van der Waals surface area (Å²) in [5.41, 5.74) is 4.01. The van der Waals surface area contributed by atoms with Crippen molar-refractivity contribution in [1.82, 2.24) is 4.90 Å². The molecule has 140 valence electrons. The van der Waals surface area contributed by atoms with Gasteiger partial charge in [-0.1, -0.05) is 24.3 Å². The van der Waals surface area contributed by atoms with Gasteiger partial charge in [0.15, 0.2) is 0 Å². The number of rotatable bonds is 3. The van der Waals surface area contributed by atoms with E-state index >= 15 is 0 Å². The summed E-state index contributed by atoms with van der Waals surface area (Å²) < 4.78 is 0. The van der Waals surface area contributed by atoms with Gasteiger partial charge in [-0.05, 0) is 54.7 Å². The molecule has 6 heteroatoms. The van der Waals surface area contributed by atoms with E-state index in [9.17, 15) is 14.7 Å². The molecule has 3 N–H and O–H groups in total. The summed E-state index contributed by atoms with van der Waals surface area (Å²) in [6.45, 7) is 0.140. The molecule has 4 rings (SSSR count). The lowest BCUT2D eigenvalue weighted by molar-refractivity contribution is -0.119. The minimum absolute atomic E-state index is 0.140. The van der Waals surface area contributed by atoms with Crippen molar-refractivity contribution in [3.05, 3.63) is 59.7 Å². The summed E-state index contributed by atoms with van der Waals surface area (Å²) in [5, 5.41) is 15.7. The number of carbonyl (C=O) groups is 2. The summed E-state index contributed by atoms with van der Waals surface area (Å²) >= 11 is 0. The number of β-amino-alcohol motifs (C(OH)–C–C–N with tert-alkyl or cyclic N) is 1. The molecule has 2 atom stereocenters. The van der Waals surface area contributed by atoms with Crippen molar-refractivity contribution < 1.29 is 14.7 Å². The van der Waals surface area contributed by atoms with Crippen LogP contribution in [0.1, 0.15) is 24.0 Å². The number of para-hydroxylation sites is 1. The molecule has 1 saturated heterocycles. The maximum absolute atomic E-state index is 12.8. The van der Waals surface area contributed by atoms with Gasteiger partial charge in [0.25, 0.3) is 0 Å². The molecule has 2 aliphatic rings. The summed E-state index contributed by atoms with van der Waals surface area (Å²) in [7, 11) is 0. The third-order valence-electron chi connectivity index (χ3n) is 5.23. The molecule has 0 aromatic heterocycles. The minimum Gasteiger partial charge on any atom is -0.391 e. The van der Waals surface area contributed by atoms with Crippen molar-refractivity contribution in [2.45, 2.75) is 37.8 Å². The number of carbonyl (C=O) groups excluding carboxylic acids is 2. The largest absolute Gasteiger partial charge is 0.391 e. The third kappa shape index (κ3) is 3.80. The molecule has 3 amide bonds. The summed E-state index contributed by atoms with van der Waals surface area (Å²) in [4.78, 5) is 26.8. The van der Waals surface area contributed by atoms with Gasteiger partial charge in [0, 0.05) is 24.3 Å². The Balaban J connectivity index is 1.45. The highest BCUT2D eigenvalue weighted by molar-refractivity contribution is 5.99. The number of aliphatic hydroxyl groups is 1. The molecule has 1 heterocycles. The first-order chi connectivity index (χ1) is 13.1. The van der Waals surface area contributed by atoms with Gasteiger partial charge in [-0.2, -0.15) is 0 Å². The first-order valence-corrected chi connectivity index (χ1v) is 9.33. The Kier molecular flexibility index (Phi) is 4.81. The van der Waals surface area contributed by atoms with Gasteiger partial charge >= 0.3 is 6.03 Å². The van der Waals surface area contributed by atoms with Gasteiger partial charge in [0.1, 0.15) is 6.04 Å². The Bertz CT molecular complexity index is 853. The van der Waals surface area contributed by atoms with Crippen molar-refractivity contribution in [3.63, 3.8) is 0 Å². The maximum Gasteiger partial charge on any atom is 0.322 e. The van der Waals surface area contributed by atoms with Crippen LogP contribution >= 0.6 is 0 Å². The number of aliphatic hydroxyl groups excluding tert-OH is 1.